The summed E-state index contributed by atoms with van der Waals surface area (Å²) in [6.07, 6.45) is 0. The highest BCUT2D eigenvalue weighted by Crippen LogP contribution is 2.20. The summed E-state index contributed by atoms with van der Waals surface area (Å²) in [5, 5.41) is 10.4. The van der Waals surface area contributed by atoms with Gasteiger partial charge in [0.15, 0.2) is 0 Å². The Bertz CT molecular complexity index is 292. The number of fused-ring (bicyclic) bond motifs is 1. The molecule has 1 N–H and O–H groups in total. The zero-order valence-corrected chi connectivity index (χ0v) is 6.70. The average Bonchev–Trinajstić information content (AvgIpc) is 2.37. The third-order valence-electron chi connectivity index (χ3n) is 2.18. The number of aryl methyl sites for hydroxylation is 1. The van der Waals surface area contributed by atoms with E-state index in [-0.39, 0.29) is 0 Å². The molecule has 0 unspecified atom stereocenters. The van der Waals surface area contributed by atoms with E-state index in [9.17, 15) is 0 Å². The lowest BCUT2D eigenvalue weighted by Crippen LogP contribution is -2.12. The maximum Gasteiger partial charge on any atom is 0.105 e. The third kappa shape index (κ3) is 0.868. The van der Waals surface area contributed by atoms with Gasteiger partial charge >= 0.3 is 0 Å². The number of hydroxylamine groups is 2. The second-order valence-electron chi connectivity index (χ2n) is 2.93. The first-order valence-electron chi connectivity index (χ1n) is 3.63. The van der Waals surface area contributed by atoms with E-state index < -0.39 is 0 Å². The van der Waals surface area contributed by atoms with E-state index in [4.69, 9.17) is 5.21 Å². The zero-order valence-electron chi connectivity index (χ0n) is 6.70. The van der Waals surface area contributed by atoms with E-state index in [2.05, 4.69) is 4.98 Å². The standard InChI is InChI=1S/C7H11N3O/c1-5-8-6-3-10(11)4-7(6)9(5)2/h11H,3-4H2,1-2H3. The van der Waals surface area contributed by atoms with E-state index in [1.165, 1.54) is 5.06 Å². The van der Waals surface area contributed by atoms with Gasteiger partial charge in [-0.3, -0.25) is 0 Å². The second-order valence-corrected chi connectivity index (χ2v) is 2.93. The Kier molecular flexibility index (Phi) is 1.27. The highest BCUT2D eigenvalue weighted by molar-refractivity contribution is 5.19. The minimum atomic E-state index is 0.566. The van der Waals surface area contributed by atoms with E-state index in [0.717, 1.165) is 17.2 Å². The third-order valence-corrected chi connectivity index (χ3v) is 2.18. The minimum absolute atomic E-state index is 0.566. The van der Waals surface area contributed by atoms with Crippen LogP contribution in [-0.2, 0) is 20.1 Å². The molecule has 0 amide bonds. The van der Waals surface area contributed by atoms with Crippen LogP contribution < -0.4 is 0 Å². The van der Waals surface area contributed by atoms with Crippen LogP contribution in [0.25, 0.3) is 0 Å². The molecule has 0 radical (unpaired) electrons. The topological polar surface area (TPSA) is 41.3 Å². The minimum Gasteiger partial charge on any atom is -0.334 e. The number of aromatic nitrogens is 2. The van der Waals surface area contributed by atoms with Crippen molar-refractivity contribution in [1.82, 2.24) is 14.6 Å². The van der Waals surface area contributed by atoms with Crippen LogP contribution in [0.15, 0.2) is 0 Å². The molecule has 1 aromatic heterocycles. The van der Waals surface area contributed by atoms with E-state index in [1.54, 1.807) is 0 Å². The Morgan fingerprint density at radius 1 is 1.45 bits per heavy atom. The molecule has 0 fully saturated rings. The molecule has 0 aromatic carbocycles. The molecule has 2 rings (SSSR count). The van der Waals surface area contributed by atoms with E-state index in [0.29, 0.717) is 13.1 Å². The fourth-order valence-electron chi connectivity index (χ4n) is 1.45. The average molecular weight is 153 g/mol. The molecular weight excluding hydrogens is 142 g/mol. The summed E-state index contributed by atoms with van der Waals surface area (Å²) >= 11 is 0. The fraction of sp³-hybridized carbons (Fsp3) is 0.571. The van der Waals surface area contributed by atoms with Gasteiger partial charge in [0.05, 0.1) is 24.5 Å². The maximum absolute atomic E-state index is 9.13. The van der Waals surface area contributed by atoms with Crippen molar-refractivity contribution in [3.63, 3.8) is 0 Å². The summed E-state index contributed by atoms with van der Waals surface area (Å²) in [6.45, 7) is 3.14. The lowest BCUT2D eigenvalue weighted by atomic mass is 10.4. The summed E-state index contributed by atoms with van der Waals surface area (Å²) in [5.41, 5.74) is 2.14. The molecule has 0 aliphatic carbocycles. The van der Waals surface area contributed by atoms with Crippen molar-refractivity contribution in [3.05, 3.63) is 17.2 Å². The molecule has 60 valence electrons. The highest BCUT2D eigenvalue weighted by atomic mass is 16.5. The van der Waals surface area contributed by atoms with E-state index >= 15 is 0 Å². The van der Waals surface area contributed by atoms with Crippen LogP contribution in [-0.4, -0.2) is 19.8 Å². The normalized spacial score (nSPS) is 17.4. The van der Waals surface area contributed by atoms with Crippen molar-refractivity contribution in [3.8, 4) is 0 Å². The molecule has 1 aliphatic rings. The molecule has 0 bridgehead atoms. The molecule has 1 aromatic rings. The summed E-state index contributed by atoms with van der Waals surface area (Å²) in [7, 11) is 1.97. The Morgan fingerprint density at radius 3 is 2.82 bits per heavy atom. The van der Waals surface area contributed by atoms with Crippen molar-refractivity contribution in [1.29, 1.82) is 0 Å². The number of imidazole rings is 1. The van der Waals surface area contributed by atoms with Gasteiger partial charge in [-0.25, -0.2) is 4.98 Å². The van der Waals surface area contributed by atoms with Gasteiger partial charge in [0.25, 0.3) is 0 Å². The Balaban J connectivity index is 2.48. The summed E-state index contributed by atoms with van der Waals surface area (Å²) in [4.78, 5) is 4.30. The molecule has 2 heterocycles. The predicted molar refractivity (Wildman–Crippen MR) is 39.0 cm³/mol. The lowest BCUT2D eigenvalue weighted by molar-refractivity contribution is -0.0985. The first-order chi connectivity index (χ1) is 5.18. The van der Waals surface area contributed by atoms with Crippen LogP contribution in [0.3, 0.4) is 0 Å². The highest BCUT2D eigenvalue weighted by Gasteiger charge is 2.22. The quantitative estimate of drug-likeness (QED) is 0.587. The van der Waals surface area contributed by atoms with Crippen LogP contribution in [0.2, 0.25) is 0 Å². The summed E-state index contributed by atoms with van der Waals surface area (Å²) < 4.78 is 2.02. The largest absolute Gasteiger partial charge is 0.334 e. The van der Waals surface area contributed by atoms with Gasteiger partial charge in [0.2, 0.25) is 0 Å². The predicted octanol–water partition coefficient (Wildman–Crippen LogP) is 0.433. The van der Waals surface area contributed by atoms with Crippen molar-refractivity contribution in [2.45, 2.75) is 20.0 Å². The van der Waals surface area contributed by atoms with Crippen LogP contribution in [0.1, 0.15) is 17.2 Å². The van der Waals surface area contributed by atoms with Crippen molar-refractivity contribution in [2.75, 3.05) is 0 Å². The number of nitrogens with zero attached hydrogens (tertiary/aromatic N) is 3. The molecule has 1 aliphatic heterocycles. The zero-order chi connectivity index (χ0) is 8.01. The van der Waals surface area contributed by atoms with Crippen molar-refractivity contribution >= 4 is 0 Å². The number of rotatable bonds is 0. The molecule has 11 heavy (non-hydrogen) atoms. The molecule has 0 saturated carbocycles. The summed E-state index contributed by atoms with van der Waals surface area (Å²) in [6, 6.07) is 0. The van der Waals surface area contributed by atoms with Gasteiger partial charge in [-0.15, -0.1) is 0 Å². The van der Waals surface area contributed by atoms with Gasteiger partial charge in [-0.1, -0.05) is 0 Å². The van der Waals surface area contributed by atoms with Crippen LogP contribution in [0.5, 0.6) is 0 Å². The van der Waals surface area contributed by atoms with Gasteiger partial charge in [0.1, 0.15) is 5.82 Å². The van der Waals surface area contributed by atoms with Crippen molar-refractivity contribution < 1.29 is 5.21 Å². The summed E-state index contributed by atoms with van der Waals surface area (Å²) in [5.74, 6) is 1.02. The van der Waals surface area contributed by atoms with Crippen LogP contribution in [0.4, 0.5) is 0 Å². The number of hydrogen-bond donors (Lipinski definition) is 1. The monoisotopic (exact) mass is 153 g/mol. The SMILES string of the molecule is Cc1nc2c(n1C)CN(O)C2. The molecular formula is C7H11N3O. The van der Waals surface area contributed by atoms with Crippen LogP contribution in [0, 0.1) is 6.92 Å². The molecule has 0 atom stereocenters. The second kappa shape index (κ2) is 2.06. The Morgan fingerprint density at radius 2 is 2.18 bits per heavy atom. The molecule has 4 heteroatoms. The molecule has 0 spiro atoms. The fourth-order valence-corrected chi connectivity index (χ4v) is 1.45. The molecule has 4 nitrogen and oxygen atoms in total. The maximum atomic E-state index is 9.13. The Hall–Kier alpha value is -0.870. The van der Waals surface area contributed by atoms with Gasteiger partial charge < -0.3 is 9.77 Å². The first kappa shape index (κ1) is 6.82. The first-order valence-corrected chi connectivity index (χ1v) is 3.63. The van der Waals surface area contributed by atoms with Crippen LogP contribution >= 0.6 is 0 Å². The lowest BCUT2D eigenvalue weighted by Gasteiger charge is -2.04. The van der Waals surface area contributed by atoms with Crippen molar-refractivity contribution in [2.24, 2.45) is 7.05 Å². The molecule has 0 saturated heterocycles. The van der Waals surface area contributed by atoms with Gasteiger partial charge in [-0.05, 0) is 6.92 Å². The Labute approximate surface area is 65.0 Å². The van der Waals surface area contributed by atoms with E-state index in [1.807, 2.05) is 18.5 Å². The van der Waals surface area contributed by atoms with Gasteiger partial charge in [0, 0.05) is 7.05 Å². The number of hydrogen-bond acceptors (Lipinski definition) is 3. The smallest absolute Gasteiger partial charge is 0.105 e. The van der Waals surface area contributed by atoms with Gasteiger partial charge in [-0.2, -0.15) is 5.06 Å².